The second kappa shape index (κ2) is 5.05. The van der Waals surface area contributed by atoms with Crippen molar-refractivity contribution in [2.24, 2.45) is 0 Å². The zero-order chi connectivity index (χ0) is 10.7. The number of piperidine rings is 1. The molecule has 1 saturated heterocycles. The summed E-state index contributed by atoms with van der Waals surface area (Å²) in [5, 5.41) is 6.66. The van der Waals surface area contributed by atoms with Gasteiger partial charge in [-0.2, -0.15) is 0 Å². The van der Waals surface area contributed by atoms with Crippen molar-refractivity contribution in [3.05, 3.63) is 9.98 Å². The van der Waals surface area contributed by atoms with Crippen LogP contribution in [0.25, 0.3) is 0 Å². The standard InChI is InChI=1S/C9H12BrN3OS/c10-7-5-12-9(15-7)13-8(14)6-3-1-2-4-11-6/h5-6,11H,1-4H2,(H,12,13,14). The maximum atomic E-state index is 11.8. The zero-order valence-electron chi connectivity index (χ0n) is 8.12. The zero-order valence-corrected chi connectivity index (χ0v) is 10.5. The molecule has 1 unspecified atom stereocenters. The van der Waals surface area contributed by atoms with Gasteiger partial charge in [-0.05, 0) is 35.3 Å². The van der Waals surface area contributed by atoms with E-state index in [1.165, 1.54) is 11.3 Å². The number of amides is 1. The van der Waals surface area contributed by atoms with Crippen LogP contribution in [-0.4, -0.2) is 23.5 Å². The monoisotopic (exact) mass is 289 g/mol. The fourth-order valence-corrected chi connectivity index (χ4v) is 2.69. The van der Waals surface area contributed by atoms with Gasteiger partial charge in [0.05, 0.1) is 16.0 Å². The third-order valence-electron chi connectivity index (χ3n) is 2.33. The Kier molecular flexibility index (Phi) is 3.71. The van der Waals surface area contributed by atoms with E-state index in [-0.39, 0.29) is 11.9 Å². The van der Waals surface area contributed by atoms with Crippen molar-refractivity contribution >= 4 is 38.3 Å². The Morgan fingerprint density at radius 2 is 2.53 bits per heavy atom. The lowest BCUT2D eigenvalue weighted by Crippen LogP contribution is -2.43. The van der Waals surface area contributed by atoms with E-state index in [0.717, 1.165) is 29.6 Å². The van der Waals surface area contributed by atoms with Crippen LogP contribution in [0.4, 0.5) is 5.13 Å². The van der Waals surface area contributed by atoms with Gasteiger partial charge in [0.1, 0.15) is 0 Å². The molecule has 0 saturated carbocycles. The highest BCUT2D eigenvalue weighted by Gasteiger charge is 2.20. The van der Waals surface area contributed by atoms with Gasteiger partial charge in [-0.25, -0.2) is 4.98 Å². The maximum absolute atomic E-state index is 11.8. The normalized spacial score (nSPS) is 21.3. The molecule has 0 aliphatic carbocycles. The molecule has 1 aromatic rings. The fraction of sp³-hybridized carbons (Fsp3) is 0.556. The number of carbonyl (C=O) groups excluding carboxylic acids is 1. The van der Waals surface area contributed by atoms with E-state index in [1.807, 2.05) is 0 Å². The molecule has 2 rings (SSSR count). The first-order valence-corrected chi connectivity index (χ1v) is 6.52. The van der Waals surface area contributed by atoms with E-state index in [0.29, 0.717) is 5.13 Å². The molecule has 0 bridgehead atoms. The third-order valence-corrected chi connectivity index (χ3v) is 3.73. The number of rotatable bonds is 2. The Morgan fingerprint density at radius 1 is 1.67 bits per heavy atom. The van der Waals surface area contributed by atoms with Gasteiger partial charge in [-0.15, -0.1) is 0 Å². The van der Waals surface area contributed by atoms with Crippen LogP contribution in [0.3, 0.4) is 0 Å². The summed E-state index contributed by atoms with van der Waals surface area (Å²) in [5.74, 6) is 0.0246. The number of carbonyl (C=O) groups is 1. The van der Waals surface area contributed by atoms with E-state index in [4.69, 9.17) is 0 Å². The van der Waals surface area contributed by atoms with E-state index < -0.39 is 0 Å². The molecule has 2 N–H and O–H groups in total. The molecule has 0 radical (unpaired) electrons. The molecule has 0 aromatic carbocycles. The van der Waals surface area contributed by atoms with Crippen molar-refractivity contribution < 1.29 is 4.79 Å². The van der Waals surface area contributed by atoms with E-state index in [1.54, 1.807) is 6.20 Å². The van der Waals surface area contributed by atoms with Crippen molar-refractivity contribution in [2.45, 2.75) is 25.3 Å². The molecule has 82 valence electrons. The number of hydrogen-bond acceptors (Lipinski definition) is 4. The summed E-state index contributed by atoms with van der Waals surface area (Å²) in [6.45, 7) is 0.930. The second-order valence-electron chi connectivity index (χ2n) is 3.46. The van der Waals surface area contributed by atoms with Gasteiger partial charge in [-0.3, -0.25) is 4.79 Å². The predicted molar refractivity (Wildman–Crippen MR) is 64.1 cm³/mol. The summed E-state index contributed by atoms with van der Waals surface area (Å²) in [7, 11) is 0. The number of hydrogen-bond donors (Lipinski definition) is 2. The summed E-state index contributed by atoms with van der Waals surface area (Å²) < 4.78 is 0.925. The Bertz CT molecular complexity index is 349. The number of thiazole rings is 1. The summed E-state index contributed by atoms with van der Waals surface area (Å²) in [6, 6.07) is -0.0542. The van der Waals surface area contributed by atoms with Crippen LogP contribution >= 0.6 is 27.3 Å². The Morgan fingerprint density at radius 3 is 3.13 bits per heavy atom. The lowest BCUT2D eigenvalue weighted by atomic mass is 10.0. The molecule has 4 nitrogen and oxygen atoms in total. The lowest BCUT2D eigenvalue weighted by molar-refractivity contribution is -0.118. The van der Waals surface area contributed by atoms with Crippen molar-refractivity contribution in [2.75, 3.05) is 11.9 Å². The topological polar surface area (TPSA) is 54.0 Å². The molecule has 1 aliphatic heterocycles. The van der Waals surface area contributed by atoms with Crippen molar-refractivity contribution in [3.8, 4) is 0 Å². The molecular weight excluding hydrogens is 278 g/mol. The van der Waals surface area contributed by atoms with Gasteiger partial charge in [0.15, 0.2) is 5.13 Å². The minimum absolute atomic E-state index is 0.0246. The average Bonchev–Trinajstić information content (AvgIpc) is 2.65. The predicted octanol–water partition coefficient (Wildman–Crippen LogP) is 1.99. The molecule has 2 heterocycles. The van der Waals surface area contributed by atoms with E-state index in [2.05, 4.69) is 31.5 Å². The lowest BCUT2D eigenvalue weighted by Gasteiger charge is -2.21. The Hall–Kier alpha value is -0.460. The van der Waals surface area contributed by atoms with Gasteiger partial charge < -0.3 is 10.6 Å². The fourth-order valence-electron chi connectivity index (χ4n) is 1.58. The molecule has 6 heteroatoms. The number of nitrogens with zero attached hydrogens (tertiary/aromatic N) is 1. The quantitative estimate of drug-likeness (QED) is 0.875. The van der Waals surface area contributed by atoms with Crippen LogP contribution in [0.2, 0.25) is 0 Å². The Labute approximate surface area is 101 Å². The van der Waals surface area contributed by atoms with Gasteiger partial charge in [0.25, 0.3) is 0 Å². The molecular formula is C9H12BrN3OS. The molecule has 0 spiro atoms. The van der Waals surface area contributed by atoms with Crippen LogP contribution in [0.15, 0.2) is 9.98 Å². The highest BCUT2D eigenvalue weighted by molar-refractivity contribution is 9.11. The second-order valence-corrected chi connectivity index (χ2v) is 5.87. The SMILES string of the molecule is O=C(Nc1ncc(Br)s1)C1CCCCN1. The highest BCUT2D eigenvalue weighted by Crippen LogP contribution is 2.23. The van der Waals surface area contributed by atoms with E-state index >= 15 is 0 Å². The maximum Gasteiger partial charge on any atom is 0.243 e. The van der Waals surface area contributed by atoms with Gasteiger partial charge >= 0.3 is 0 Å². The summed E-state index contributed by atoms with van der Waals surface area (Å²) in [6.07, 6.45) is 4.88. The highest BCUT2D eigenvalue weighted by atomic mass is 79.9. The molecule has 1 fully saturated rings. The van der Waals surface area contributed by atoms with Gasteiger partial charge in [-0.1, -0.05) is 17.8 Å². The summed E-state index contributed by atoms with van der Waals surface area (Å²) in [5.41, 5.74) is 0. The molecule has 1 aliphatic rings. The molecule has 15 heavy (non-hydrogen) atoms. The first-order valence-electron chi connectivity index (χ1n) is 4.91. The first kappa shape index (κ1) is 11.0. The number of nitrogens with one attached hydrogen (secondary N) is 2. The largest absolute Gasteiger partial charge is 0.306 e. The smallest absolute Gasteiger partial charge is 0.243 e. The van der Waals surface area contributed by atoms with E-state index in [9.17, 15) is 4.79 Å². The van der Waals surface area contributed by atoms with Crippen LogP contribution in [0.1, 0.15) is 19.3 Å². The molecule has 1 amide bonds. The minimum Gasteiger partial charge on any atom is -0.306 e. The number of anilines is 1. The Balaban J connectivity index is 1.91. The van der Waals surface area contributed by atoms with Crippen molar-refractivity contribution in [3.63, 3.8) is 0 Å². The minimum atomic E-state index is -0.0542. The van der Waals surface area contributed by atoms with Crippen LogP contribution in [0.5, 0.6) is 0 Å². The van der Waals surface area contributed by atoms with Gasteiger partial charge in [0.2, 0.25) is 5.91 Å². The van der Waals surface area contributed by atoms with Gasteiger partial charge in [0, 0.05) is 0 Å². The summed E-state index contributed by atoms with van der Waals surface area (Å²) >= 11 is 4.73. The van der Waals surface area contributed by atoms with Crippen LogP contribution in [-0.2, 0) is 4.79 Å². The average molecular weight is 290 g/mol. The van der Waals surface area contributed by atoms with Crippen LogP contribution < -0.4 is 10.6 Å². The summed E-state index contributed by atoms with van der Waals surface area (Å²) in [4.78, 5) is 15.8. The number of halogens is 1. The van der Waals surface area contributed by atoms with Crippen molar-refractivity contribution in [1.82, 2.24) is 10.3 Å². The molecule has 1 aromatic heterocycles. The number of aromatic nitrogens is 1. The third kappa shape index (κ3) is 2.99. The van der Waals surface area contributed by atoms with Crippen LogP contribution in [0, 0.1) is 0 Å². The first-order chi connectivity index (χ1) is 7.25. The molecule has 1 atom stereocenters. The van der Waals surface area contributed by atoms with Crippen molar-refractivity contribution in [1.29, 1.82) is 0 Å².